The number of sulfonamides is 1. The van der Waals surface area contributed by atoms with Gasteiger partial charge in [-0.15, -0.1) is 0 Å². The number of ether oxygens (including phenoxy) is 2. The van der Waals surface area contributed by atoms with Gasteiger partial charge < -0.3 is 14.6 Å². The predicted molar refractivity (Wildman–Crippen MR) is 122 cm³/mol. The zero-order valence-corrected chi connectivity index (χ0v) is 19.9. The number of nitrogens with zero attached hydrogens (tertiary/aromatic N) is 2. The molecule has 0 fully saturated rings. The number of alkyl halides is 3. The normalized spacial score (nSPS) is 15.4. The fraction of sp³-hybridized carbons (Fsp3) is 0.304. The number of methoxy groups -OCH3 is 1. The molecule has 1 atom stereocenters. The molecule has 0 saturated carbocycles. The Balaban J connectivity index is 0.000000454. The first kappa shape index (κ1) is 27.2. The minimum atomic E-state index is -5.08. The monoisotopic (exact) mass is 527 g/mol. The third-order valence-corrected chi connectivity index (χ3v) is 6.56. The number of halogens is 3. The average molecular weight is 528 g/mol. The largest absolute Gasteiger partial charge is 0.497 e. The molecule has 0 aliphatic carbocycles. The maximum Gasteiger partial charge on any atom is 0.490 e. The summed E-state index contributed by atoms with van der Waals surface area (Å²) in [5, 5.41) is 11.8. The van der Waals surface area contributed by atoms with E-state index >= 15 is 0 Å². The number of hydrogen-bond acceptors (Lipinski definition) is 6. The molecule has 4 rings (SSSR count). The molecule has 1 aromatic heterocycles. The quantitative estimate of drug-likeness (QED) is 0.484. The maximum atomic E-state index is 12.6. The van der Waals surface area contributed by atoms with Gasteiger partial charge in [0.05, 0.1) is 30.9 Å². The second-order valence-corrected chi connectivity index (χ2v) is 9.43. The van der Waals surface area contributed by atoms with Crippen molar-refractivity contribution in [3.63, 3.8) is 0 Å². The van der Waals surface area contributed by atoms with Crippen molar-refractivity contribution in [3.05, 3.63) is 77.6 Å². The summed E-state index contributed by atoms with van der Waals surface area (Å²) in [5.41, 5.74) is 3.05. The van der Waals surface area contributed by atoms with Crippen molar-refractivity contribution in [2.75, 3.05) is 20.3 Å². The highest BCUT2D eigenvalue weighted by molar-refractivity contribution is 7.89. The number of carboxylic acids is 1. The molecule has 1 aliphatic heterocycles. The van der Waals surface area contributed by atoms with Gasteiger partial charge in [0.2, 0.25) is 10.0 Å². The second-order valence-electron chi connectivity index (χ2n) is 7.66. The Morgan fingerprint density at radius 2 is 1.83 bits per heavy atom. The molecule has 0 amide bonds. The van der Waals surface area contributed by atoms with E-state index in [0.717, 1.165) is 23.2 Å². The van der Waals surface area contributed by atoms with Gasteiger partial charge in [-0.05, 0) is 41.8 Å². The third kappa shape index (κ3) is 7.29. The van der Waals surface area contributed by atoms with Crippen molar-refractivity contribution in [2.45, 2.75) is 30.1 Å². The number of aromatic nitrogens is 2. The Kier molecular flexibility index (Phi) is 8.71. The van der Waals surface area contributed by atoms with Crippen LogP contribution in [0.25, 0.3) is 0 Å². The van der Waals surface area contributed by atoms with E-state index < -0.39 is 28.3 Å². The van der Waals surface area contributed by atoms with Crippen LogP contribution >= 0.6 is 0 Å². The lowest BCUT2D eigenvalue weighted by molar-refractivity contribution is -0.192. The van der Waals surface area contributed by atoms with Gasteiger partial charge in [0, 0.05) is 12.7 Å². The minimum absolute atomic E-state index is 0.129. The smallest absolute Gasteiger partial charge is 0.490 e. The van der Waals surface area contributed by atoms with E-state index in [0.29, 0.717) is 18.9 Å². The first-order valence-electron chi connectivity index (χ1n) is 10.6. The van der Waals surface area contributed by atoms with Crippen LogP contribution in [0.2, 0.25) is 0 Å². The number of fused-ring (bicyclic) bond motifs is 1. The maximum absolute atomic E-state index is 12.6. The van der Waals surface area contributed by atoms with Crippen LogP contribution in [0.4, 0.5) is 13.2 Å². The van der Waals surface area contributed by atoms with E-state index in [9.17, 15) is 21.6 Å². The van der Waals surface area contributed by atoms with Crippen LogP contribution in [0, 0.1) is 0 Å². The van der Waals surface area contributed by atoms with Gasteiger partial charge >= 0.3 is 12.1 Å². The molecular weight excluding hydrogens is 503 g/mol. The van der Waals surface area contributed by atoms with Crippen LogP contribution in [0.3, 0.4) is 0 Å². The summed E-state index contributed by atoms with van der Waals surface area (Å²) in [6, 6.07) is 16.4. The summed E-state index contributed by atoms with van der Waals surface area (Å²) in [7, 11) is -2.11. The molecule has 1 unspecified atom stereocenters. The highest BCUT2D eigenvalue weighted by Gasteiger charge is 2.38. The van der Waals surface area contributed by atoms with Gasteiger partial charge in [0.25, 0.3) is 0 Å². The first-order valence-corrected chi connectivity index (χ1v) is 12.1. The molecule has 3 aromatic rings. The standard InChI is InChI=1S/C21H23N3O4S.C2HF3O2/c1-27-18-7-9-19(10-8-18)29(25,26)22-13-20-21-17(11-12-28-20)15-24(23-21)14-16-5-3-2-4-6-16;3-2(4,5)1(6)7/h2-10,15,20,22H,11-14H2,1H3;(H,6,7). The number of carbonyl (C=O) groups is 1. The van der Waals surface area contributed by atoms with Crippen LogP contribution in [-0.4, -0.2) is 55.7 Å². The summed E-state index contributed by atoms with van der Waals surface area (Å²) >= 11 is 0. The molecule has 1 aliphatic rings. The Morgan fingerprint density at radius 1 is 1.19 bits per heavy atom. The molecule has 2 aromatic carbocycles. The molecule has 13 heteroatoms. The van der Waals surface area contributed by atoms with Crippen molar-refractivity contribution in [1.29, 1.82) is 0 Å². The molecule has 0 spiro atoms. The average Bonchev–Trinajstić information content (AvgIpc) is 3.26. The van der Waals surface area contributed by atoms with Crippen molar-refractivity contribution >= 4 is 16.0 Å². The van der Waals surface area contributed by atoms with Crippen molar-refractivity contribution in [1.82, 2.24) is 14.5 Å². The molecular formula is C23H24F3N3O6S. The molecule has 2 N–H and O–H groups in total. The van der Waals surface area contributed by atoms with E-state index in [1.54, 1.807) is 12.1 Å². The van der Waals surface area contributed by atoms with Crippen LogP contribution in [-0.2, 0) is 32.5 Å². The van der Waals surface area contributed by atoms with Gasteiger partial charge in [-0.3, -0.25) is 4.68 Å². The van der Waals surface area contributed by atoms with Crippen molar-refractivity contribution in [3.8, 4) is 5.75 Å². The van der Waals surface area contributed by atoms with Crippen molar-refractivity contribution in [2.24, 2.45) is 0 Å². The van der Waals surface area contributed by atoms with Crippen molar-refractivity contribution < 1.29 is 41.0 Å². The van der Waals surface area contributed by atoms with E-state index in [-0.39, 0.29) is 11.4 Å². The number of rotatable bonds is 7. The molecule has 2 heterocycles. The predicted octanol–water partition coefficient (Wildman–Crippen LogP) is 3.17. The molecule has 36 heavy (non-hydrogen) atoms. The van der Waals surface area contributed by atoms with Crippen LogP contribution < -0.4 is 9.46 Å². The Morgan fingerprint density at radius 3 is 2.42 bits per heavy atom. The van der Waals surface area contributed by atoms with Gasteiger partial charge in [0.15, 0.2) is 0 Å². The highest BCUT2D eigenvalue weighted by Crippen LogP contribution is 2.26. The van der Waals surface area contributed by atoms with E-state index in [1.165, 1.54) is 19.2 Å². The number of aliphatic carboxylic acids is 1. The zero-order valence-electron chi connectivity index (χ0n) is 19.1. The summed E-state index contributed by atoms with van der Waals surface area (Å²) in [6.07, 6.45) is -2.70. The van der Waals surface area contributed by atoms with Gasteiger partial charge in [-0.1, -0.05) is 30.3 Å². The minimum Gasteiger partial charge on any atom is -0.497 e. The fourth-order valence-corrected chi connectivity index (χ4v) is 4.39. The van der Waals surface area contributed by atoms with Gasteiger partial charge in [-0.25, -0.2) is 17.9 Å². The fourth-order valence-electron chi connectivity index (χ4n) is 3.36. The topological polar surface area (TPSA) is 120 Å². The summed E-state index contributed by atoms with van der Waals surface area (Å²) in [5.74, 6) is -2.15. The Hall–Kier alpha value is -3.42. The summed E-state index contributed by atoms with van der Waals surface area (Å²) in [4.78, 5) is 9.08. The lowest BCUT2D eigenvalue weighted by Crippen LogP contribution is -2.32. The number of hydrogen-bond donors (Lipinski definition) is 2. The SMILES string of the molecule is COc1ccc(S(=O)(=O)NCC2OCCc3cn(Cc4ccccc4)nc32)cc1.O=C(O)C(F)(F)F. The van der Waals surface area contributed by atoms with E-state index in [2.05, 4.69) is 22.0 Å². The van der Waals surface area contributed by atoms with Gasteiger partial charge in [-0.2, -0.15) is 18.3 Å². The summed E-state index contributed by atoms with van der Waals surface area (Å²) < 4.78 is 72.4. The van der Waals surface area contributed by atoms with Gasteiger partial charge in [0.1, 0.15) is 11.9 Å². The van der Waals surface area contributed by atoms with E-state index in [4.69, 9.17) is 19.4 Å². The highest BCUT2D eigenvalue weighted by atomic mass is 32.2. The lowest BCUT2D eigenvalue weighted by Gasteiger charge is -2.22. The van der Waals surface area contributed by atoms with Crippen LogP contribution in [0.1, 0.15) is 22.9 Å². The molecule has 0 bridgehead atoms. The third-order valence-electron chi connectivity index (χ3n) is 5.12. The summed E-state index contributed by atoms with van der Waals surface area (Å²) in [6.45, 7) is 1.33. The van der Waals surface area contributed by atoms with E-state index in [1.807, 2.05) is 29.1 Å². The lowest BCUT2D eigenvalue weighted by atomic mass is 10.1. The van der Waals surface area contributed by atoms with Crippen LogP contribution in [0.5, 0.6) is 5.75 Å². The second kappa shape index (κ2) is 11.5. The molecule has 194 valence electrons. The number of nitrogens with one attached hydrogen (secondary N) is 1. The molecule has 0 radical (unpaired) electrons. The number of benzene rings is 2. The Labute approximate surface area is 205 Å². The first-order chi connectivity index (χ1) is 17.0. The molecule has 0 saturated heterocycles. The Bertz CT molecular complexity index is 1260. The number of carboxylic acid groups (broad SMARTS) is 1. The molecule has 9 nitrogen and oxygen atoms in total. The zero-order chi connectivity index (χ0) is 26.3. The van der Waals surface area contributed by atoms with Crippen LogP contribution in [0.15, 0.2) is 65.7 Å².